The van der Waals surface area contributed by atoms with Crippen LogP contribution in [0, 0.1) is 125 Å². The number of fused-ring (bicyclic) bond motifs is 2. The van der Waals surface area contributed by atoms with E-state index in [2.05, 4.69) is 195 Å². The van der Waals surface area contributed by atoms with Gasteiger partial charge in [-0.25, -0.2) is 99.1 Å². The quantitative estimate of drug-likeness (QED) is 0.0426. The van der Waals surface area contributed by atoms with E-state index >= 15 is 0 Å². The molecule has 32 nitrogen and oxygen atoms in total. The van der Waals surface area contributed by atoms with E-state index in [9.17, 15) is 0 Å². The van der Waals surface area contributed by atoms with Crippen molar-refractivity contribution in [1.29, 1.82) is 0 Å². The van der Waals surface area contributed by atoms with Crippen molar-refractivity contribution in [3.63, 3.8) is 0 Å². The summed E-state index contributed by atoms with van der Waals surface area (Å²) in [5.74, 6) is 7.68. The van der Waals surface area contributed by atoms with Gasteiger partial charge in [0.05, 0.1) is 0 Å². The molecule has 0 fully saturated rings. The van der Waals surface area contributed by atoms with Gasteiger partial charge in [-0.3, -0.25) is 0 Å². The van der Waals surface area contributed by atoms with Crippen molar-refractivity contribution in [2.45, 2.75) is 26.2 Å². The molecule has 37 heteroatoms. The van der Waals surface area contributed by atoms with Gasteiger partial charge >= 0.3 is 105 Å². The SMILES string of the molecule is CN1C=CN(c2[c-]c(Oc3[c-]c(N4[C-]=CN(C)N4)ccc3)cc(C(C)(C)C)c2)[CH-]1.CN1C=CN(c2[c-]c(Oc3[c-]c(N4[C-]=CN(C)N4)ccc3)ccc2)[CH-]1.CN1C=[C-]N(c2[c-]c(Oc3[c-]c(N4C=CN(c5ccccc5)[CH-]4)ccc3)ccc2)N1.CN1C=[C-]N(c2[c-]c(Oc3[c-]c(N4[CH-]N(C)c5ccccc54)ccc3)ccc2)N1.CN1C=[C-]N(c2[c-]c(Oc3[c-]c(N4[CH-]N(C)c5nccnc54)ccc3)ccc2)N1.[Pt+4].[Pt+4].[Pt+4].[Pt+4].[Pt+4]. The summed E-state index contributed by atoms with van der Waals surface area (Å²) in [7, 11) is 17.4. The maximum absolute atomic E-state index is 6.17. The van der Waals surface area contributed by atoms with E-state index in [4.69, 9.17) is 23.7 Å². The Bertz CT molecular complexity index is 6650. The summed E-state index contributed by atoms with van der Waals surface area (Å²) in [6, 6.07) is 107. The number of rotatable bonds is 21. The Balaban J connectivity index is 0.000000144. The Morgan fingerprint density at radius 1 is 0.259 bits per heavy atom. The van der Waals surface area contributed by atoms with E-state index in [1.165, 1.54) is 5.56 Å². The number of anilines is 15. The van der Waals surface area contributed by atoms with Gasteiger partial charge in [0.15, 0.2) is 0 Å². The van der Waals surface area contributed by atoms with Crippen LogP contribution >= 0.6 is 0 Å². The molecule has 0 spiro atoms. The predicted molar refractivity (Wildman–Crippen MR) is 548 cm³/mol. The third kappa shape index (κ3) is 27.6. The van der Waals surface area contributed by atoms with Gasteiger partial charge in [-0.05, 0) is 124 Å². The number of nitrogens with one attached hydrogen (secondary N) is 5. The van der Waals surface area contributed by atoms with Gasteiger partial charge in [0.2, 0.25) is 0 Å². The Labute approximate surface area is 932 Å². The minimum atomic E-state index is -0.0212. The first-order valence-corrected chi connectivity index (χ1v) is 45.0. The van der Waals surface area contributed by atoms with Gasteiger partial charge in [0.25, 0.3) is 0 Å². The van der Waals surface area contributed by atoms with Gasteiger partial charge in [0, 0.05) is 93.4 Å². The maximum atomic E-state index is 6.17. The molecule has 5 N–H and O–H groups in total. The fourth-order valence-electron chi connectivity index (χ4n) is 15.0. The molecule has 10 aliphatic rings. The average Bonchev–Trinajstić information content (AvgIpc) is 1.65. The van der Waals surface area contributed by atoms with Crippen molar-refractivity contribution in [1.82, 2.24) is 72.5 Å². The van der Waals surface area contributed by atoms with Gasteiger partial charge in [0.1, 0.15) is 11.6 Å². The first-order valence-electron chi connectivity index (χ1n) is 45.0. The van der Waals surface area contributed by atoms with Crippen molar-refractivity contribution in [2.75, 3.05) is 128 Å². The van der Waals surface area contributed by atoms with Gasteiger partial charge < -0.3 is 123 Å². The Hall–Kier alpha value is -14.1. The molecular formula is C110H97N27O5Pt5. The van der Waals surface area contributed by atoms with Crippen LogP contribution in [-0.4, -0.2) is 108 Å². The summed E-state index contributed by atoms with van der Waals surface area (Å²) >= 11 is 0. The molecule has 0 atom stereocenters. The molecular weight excluding hydrogens is 2750 g/mol. The number of hydrogen-bond acceptors (Lipinski definition) is 32. The molecule has 147 heavy (non-hydrogen) atoms. The molecule has 10 aliphatic heterocycles. The van der Waals surface area contributed by atoms with Crippen molar-refractivity contribution in [3.05, 3.63) is 442 Å². The van der Waals surface area contributed by atoms with Gasteiger partial charge in [-0.2, -0.15) is 102 Å². The van der Waals surface area contributed by atoms with Gasteiger partial charge in [-0.15, -0.1) is 194 Å². The molecule has 13 aromatic rings. The number of benzene rings is 12. The van der Waals surface area contributed by atoms with Crippen LogP contribution < -0.4 is 116 Å². The van der Waals surface area contributed by atoms with E-state index in [1.54, 1.807) is 82.3 Å². The van der Waals surface area contributed by atoms with Crippen LogP contribution in [0.1, 0.15) is 26.3 Å². The van der Waals surface area contributed by atoms with Gasteiger partial charge in [-0.1, -0.05) is 87.8 Å². The van der Waals surface area contributed by atoms with E-state index in [0.717, 1.165) is 85.6 Å². The molecule has 0 aliphatic carbocycles. The second kappa shape index (κ2) is 49.8. The topological polar surface area (TPSA) is 197 Å². The second-order valence-electron chi connectivity index (χ2n) is 33.9. The molecule has 0 saturated heterocycles. The number of para-hydroxylation sites is 3. The zero-order valence-electron chi connectivity index (χ0n) is 81.3. The fraction of sp³-hybridized carbons (Fsp3) is 0.118. The first-order chi connectivity index (χ1) is 69.0. The van der Waals surface area contributed by atoms with E-state index in [0.29, 0.717) is 57.5 Å². The van der Waals surface area contributed by atoms with E-state index < -0.39 is 0 Å². The van der Waals surface area contributed by atoms with Crippen molar-refractivity contribution in [2.24, 2.45) is 0 Å². The summed E-state index contributed by atoms with van der Waals surface area (Å²) in [6.07, 6.45) is 39.7. The van der Waals surface area contributed by atoms with E-state index in [-0.39, 0.29) is 111 Å². The van der Waals surface area contributed by atoms with Crippen LogP contribution in [0.3, 0.4) is 0 Å². The van der Waals surface area contributed by atoms with Crippen LogP contribution in [0.4, 0.5) is 85.6 Å². The monoisotopic (exact) mass is 2850 g/mol. The Morgan fingerprint density at radius 2 is 0.551 bits per heavy atom. The summed E-state index contributed by atoms with van der Waals surface area (Å²) in [5.41, 5.74) is 28.5. The standard InChI is InChI=1S/C24H19N5O.C23H19N5O.C23H25N5O.C21H17N7O.C19H17N5O.5Pt/c1-26-13-16-29(25-26)22-10-6-12-24(18-22)30-23-11-5-9-21(17-23)28-15-14-27(19-28)20-7-3-2-4-8-20;1-25-17-27(23-12-4-3-11-22(23)25)18-7-5-9-20(15-18)29-21-10-6-8-19(16-21)28-14-13-26(2)24-28;1-23(2,3)18-13-20(27-11-9-25(4)17-27)16-22(14-18)29-21-8-6-7-19(15-21)28-12-10-26(5)24-28;1-25-15-27(21-20(25)22-9-10-23-21)16-5-3-7-18(13-16)29-19-8-4-6-17(14-19)28-12-11-26(2)24-28;1-21-9-11-23(15-21)16-5-3-7-18(13-16)25-19-8-4-6-17(14-19)24-12-10-22(2)20-24;;;;;/h2-15,19,25H,1H3;3-13,17,24H,1-2H3;6-11,13-14,17,24H,1-5H3;3-11,15,24H,1-2H3;3-11,15,20H,1-2H3;;;;;/q5*-4;5*+4. The molecule has 23 rings (SSSR count). The largest absolute Gasteiger partial charge is 4.00 e. The number of hydrogen-bond donors (Lipinski definition) is 5. The third-order valence-electron chi connectivity index (χ3n) is 21.9. The van der Waals surface area contributed by atoms with Crippen LogP contribution in [0.25, 0.3) is 0 Å². The van der Waals surface area contributed by atoms with Crippen molar-refractivity contribution < 1.29 is 129 Å². The zero-order valence-corrected chi connectivity index (χ0v) is 92.7. The summed E-state index contributed by atoms with van der Waals surface area (Å²) in [4.78, 5) is 28.9. The summed E-state index contributed by atoms with van der Waals surface area (Å²) < 4.78 is 30.2. The molecule has 1 aromatic heterocycles. The zero-order chi connectivity index (χ0) is 97.7. The Morgan fingerprint density at radius 3 is 0.912 bits per heavy atom. The molecule has 0 saturated carbocycles. The molecule has 0 amide bonds. The predicted octanol–water partition coefficient (Wildman–Crippen LogP) is 18.7. The van der Waals surface area contributed by atoms with Crippen LogP contribution in [0.5, 0.6) is 57.5 Å². The molecule has 0 radical (unpaired) electrons. The molecule has 12 aromatic carbocycles. The smallest absolute Gasteiger partial charge is 0.511 e. The maximum Gasteiger partial charge on any atom is 4.00 e. The number of nitrogens with zero attached hydrogens (tertiary/aromatic N) is 22. The minimum Gasteiger partial charge on any atom is -0.511 e. The van der Waals surface area contributed by atoms with Crippen molar-refractivity contribution >= 4 is 85.6 Å². The van der Waals surface area contributed by atoms with Crippen LogP contribution in [-0.2, 0) is 111 Å². The molecule has 11 heterocycles. The minimum absolute atomic E-state index is 0. The second-order valence-corrected chi connectivity index (χ2v) is 33.9. The normalized spacial score (nSPS) is 15.1. The number of ether oxygens (including phenoxy) is 5. The fourth-order valence-corrected chi connectivity index (χ4v) is 15.0. The van der Waals surface area contributed by atoms with Crippen LogP contribution in [0.2, 0.25) is 0 Å². The first kappa shape index (κ1) is 109. The Kier molecular flexibility index (Phi) is 36.8. The molecule has 752 valence electrons. The number of hydrazine groups is 10. The number of aromatic nitrogens is 2. The summed E-state index contributed by atoms with van der Waals surface area (Å²) in [6.45, 7) is 16.5. The average molecular weight is 2850 g/mol. The molecule has 0 bridgehead atoms. The van der Waals surface area contributed by atoms with E-state index in [1.807, 2.05) is 380 Å². The third-order valence-corrected chi connectivity index (χ3v) is 21.9. The summed E-state index contributed by atoms with van der Waals surface area (Å²) in [5, 5.41) is 17.7. The molecule has 0 unspecified atom stereocenters. The van der Waals surface area contributed by atoms with Crippen LogP contribution in [0.15, 0.2) is 311 Å². The van der Waals surface area contributed by atoms with Crippen molar-refractivity contribution in [3.8, 4) is 57.5 Å².